The van der Waals surface area contributed by atoms with E-state index in [2.05, 4.69) is 27.0 Å². The van der Waals surface area contributed by atoms with Gasteiger partial charge in [0.2, 0.25) is 0 Å². The van der Waals surface area contributed by atoms with Crippen LogP contribution in [-0.4, -0.2) is 62.6 Å². The molecule has 7 nitrogen and oxygen atoms in total. The van der Waals surface area contributed by atoms with Crippen LogP contribution in [0.4, 0.5) is 4.39 Å². The van der Waals surface area contributed by atoms with Gasteiger partial charge in [-0.1, -0.05) is 0 Å². The monoisotopic (exact) mass is 384 g/mol. The van der Waals surface area contributed by atoms with Crippen LogP contribution >= 0.6 is 0 Å². The molecule has 1 fully saturated rings. The highest BCUT2D eigenvalue weighted by Crippen LogP contribution is 2.35. The van der Waals surface area contributed by atoms with Gasteiger partial charge in [-0.2, -0.15) is 5.10 Å². The van der Waals surface area contributed by atoms with Crippen LogP contribution in [0.2, 0.25) is 0 Å². The van der Waals surface area contributed by atoms with Crippen LogP contribution in [0.25, 0.3) is 11.0 Å². The summed E-state index contributed by atoms with van der Waals surface area (Å²) < 4.78 is 16.3. The van der Waals surface area contributed by atoms with Crippen molar-refractivity contribution in [1.29, 1.82) is 0 Å². The first-order valence-electron chi connectivity index (χ1n) is 9.51. The summed E-state index contributed by atoms with van der Waals surface area (Å²) in [5.74, 6) is -0.590. The summed E-state index contributed by atoms with van der Waals surface area (Å²) in [5.41, 5.74) is 2.38. The standard InChI is InChI=1S/C20H25FN6O/c1-25-6-4-5-13(19(25)14-9-24-27(3)11-14)10-26(2)20(28)15-7-17-18(8-16(15)21)23-12-22-17/h7-9,11-13,19H,4-6,10H2,1-3H3,(H,22,23)/t13-,19+/m0/s1. The predicted octanol–water partition coefficient (Wildman–Crippen LogP) is 2.59. The molecule has 1 aliphatic heterocycles. The van der Waals surface area contributed by atoms with Gasteiger partial charge in [0.15, 0.2) is 0 Å². The summed E-state index contributed by atoms with van der Waals surface area (Å²) >= 11 is 0. The molecule has 1 saturated heterocycles. The second-order valence-electron chi connectivity index (χ2n) is 7.71. The number of benzene rings is 1. The van der Waals surface area contributed by atoms with E-state index in [-0.39, 0.29) is 23.4 Å². The van der Waals surface area contributed by atoms with E-state index in [1.807, 2.05) is 19.4 Å². The first kappa shape index (κ1) is 18.6. The van der Waals surface area contributed by atoms with Crippen LogP contribution in [-0.2, 0) is 7.05 Å². The average molecular weight is 384 g/mol. The minimum atomic E-state index is -0.529. The number of likely N-dealkylation sites (tertiary alicyclic amines) is 1. The van der Waals surface area contributed by atoms with Crippen molar-refractivity contribution in [2.45, 2.75) is 18.9 Å². The van der Waals surface area contributed by atoms with E-state index in [1.165, 1.54) is 18.5 Å². The molecule has 3 heterocycles. The van der Waals surface area contributed by atoms with Crippen molar-refractivity contribution >= 4 is 16.9 Å². The fourth-order valence-electron chi connectivity index (χ4n) is 4.33. The van der Waals surface area contributed by atoms with Crippen molar-refractivity contribution in [2.75, 3.05) is 27.2 Å². The van der Waals surface area contributed by atoms with E-state index in [0.29, 0.717) is 17.6 Å². The average Bonchev–Trinajstić information content (AvgIpc) is 3.28. The second-order valence-corrected chi connectivity index (χ2v) is 7.71. The second kappa shape index (κ2) is 7.35. The number of H-pyrrole nitrogens is 1. The Hall–Kier alpha value is -2.74. The van der Waals surface area contributed by atoms with Crippen LogP contribution < -0.4 is 0 Å². The number of aromatic nitrogens is 4. The summed E-state index contributed by atoms with van der Waals surface area (Å²) in [6.07, 6.45) is 7.52. The molecule has 1 aromatic carbocycles. The number of hydrogen-bond acceptors (Lipinski definition) is 4. The Bertz CT molecular complexity index is 996. The molecule has 0 spiro atoms. The van der Waals surface area contributed by atoms with Gasteiger partial charge in [0.25, 0.3) is 5.91 Å². The summed E-state index contributed by atoms with van der Waals surface area (Å²) in [4.78, 5) is 23.9. The minimum absolute atomic E-state index is 0.0594. The van der Waals surface area contributed by atoms with Crippen molar-refractivity contribution in [1.82, 2.24) is 29.5 Å². The molecule has 0 unspecified atom stereocenters. The number of nitrogens with zero attached hydrogens (tertiary/aromatic N) is 5. The Balaban J connectivity index is 1.55. The number of halogens is 1. The molecule has 1 aliphatic rings. The highest BCUT2D eigenvalue weighted by molar-refractivity contribution is 5.97. The number of aromatic amines is 1. The van der Waals surface area contributed by atoms with Crippen molar-refractivity contribution < 1.29 is 9.18 Å². The molecule has 28 heavy (non-hydrogen) atoms. The maximum absolute atomic E-state index is 14.5. The lowest BCUT2D eigenvalue weighted by Crippen LogP contribution is -2.42. The Kier molecular flexibility index (Phi) is 4.89. The van der Waals surface area contributed by atoms with Gasteiger partial charge in [-0.15, -0.1) is 0 Å². The zero-order valence-electron chi connectivity index (χ0n) is 16.4. The molecule has 0 saturated carbocycles. The third kappa shape index (κ3) is 3.40. The van der Waals surface area contributed by atoms with Gasteiger partial charge in [0, 0.05) is 44.5 Å². The van der Waals surface area contributed by atoms with Gasteiger partial charge < -0.3 is 9.88 Å². The number of rotatable bonds is 4. The molecule has 2 atom stereocenters. The molecular weight excluding hydrogens is 359 g/mol. The van der Waals surface area contributed by atoms with E-state index in [9.17, 15) is 9.18 Å². The molecule has 0 radical (unpaired) electrons. The molecular formula is C20H25FN6O. The van der Waals surface area contributed by atoms with Gasteiger partial charge >= 0.3 is 0 Å². The van der Waals surface area contributed by atoms with Gasteiger partial charge in [-0.3, -0.25) is 14.4 Å². The lowest BCUT2D eigenvalue weighted by Gasteiger charge is -2.40. The summed E-state index contributed by atoms with van der Waals surface area (Å²) in [6, 6.07) is 3.04. The highest BCUT2D eigenvalue weighted by atomic mass is 19.1. The molecule has 148 valence electrons. The van der Waals surface area contributed by atoms with Crippen molar-refractivity contribution in [2.24, 2.45) is 13.0 Å². The van der Waals surface area contributed by atoms with Crippen molar-refractivity contribution in [3.05, 3.63) is 47.8 Å². The Morgan fingerprint density at radius 3 is 2.96 bits per heavy atom. The Morgan fingerprint density at radius 1 is 1.39 bits per heavy atom. The summed E-state index contributed by atoms with van der Waals surface area (Å²) in [6.45, 7) is 1.57. The fraction of sp³-hybridized carbons (Fsp3) is 0.450. The molecule has 0 aliphatic carbocycles. The first-order chi connectivity index (χ1) is 13.4. The maximum Gasteiger partial charge on any atom is 0.256 e. The van der Waals surface area contributed by atoms with Crippen LogP contribution in [0, 0.1) is 11.7 Å². The number of fused-ring (bicyclic) bond motifs is 1. The molecule has 1 N–H and O–H groups in total. The lowest BCUT2D eigenvalue weighted by molar-refractivity contribution is 0.0641. The first-order valence-corrected chi connectivity index (χ1v) is 9.51. The van der Waals surface area contributed by atoms with Gasteiger partial charge in [-0.05, 0) is 38.4 Å². The zero-order valence-corrected chi connectivity index (χ0v) is 16.4. The maximum atomic E-state index is 14.5. The lowest BCUT2D eigenvalue weighted by atomic mass is 9.85. The van der Waals surface area contributed by atoms with Gasteiger partial charge in [-0.25, -0.2) is 9.37 Å². The van der Waals surface area contributed by atoms with Gasteiger partial charge in [0.1, 0.15) is 5.82 Å². The number of carbonyl (C=O) groups excluding carboxylic acids is 1. The molecule has 1 amide bonds. The van der Waals surface area contributed by atoms with E-state index in [1.54, 1.807) is 16.6 Å². The molecule has 3 aromatic rings. The number of nitrogens with one attached hydrogen (secondary N) is 1. The topological polar surface area (TPSA) is 70.1 Å². The number of piperidine rings is 1. The smallest absolute Gasteiger partial charge is 0.256 e. The van der Waals surface area contributed by atoms with E-state index < -0.39 is 5.82 Å². The highest BCUT2D eigenvalue weighted by Gasteiger charge is 2.33. The van der Waals surface area contributed by atoms with Crippen LogP contribution in [0.15, 0.2) is 30.9 Å². The SMILES string of the molecule is CN(C[C@@H]1CCCN(C)[C@H]1c1cnn(C)c1)C(=O)c1cc2nc[nH]c2cc1F. The van der Waals surface area contributed by atoms with Crippen LogP contribution in [0.5, 0.6) is 0 Å². The Morgan fingerprint density at radius 2 is 2.21 bits per heavy atom. The number of aryl methyl sites for hydroxylation is 1. The molecule has 4 rings (SSSR count). The van der Waals surface area contributed by atoms with E-state index in [4.69, 9.17) is 0 Å². The number of imidazole rings is 1. The third-order valence-corrected chi connectivity index (χ3v) is 5.67. The third-order valence-electron chi connectivity index (χ3n) is 5.67. The quantitative estimate of drug-likeness (QED) is 0.751. The Labute approximate surface area is 163 Å². The molecule has 8 heteroatoms. The largest absolute Gasteiger partial charge is 0.345 e. The minimum Gasteiger partial charge on any atom is -0.345 e. The van der Waals surface area contributed by atoms with E-state index >= 15 is 0 Å². The van der Waals surface area contributed by atoms with Crippen LogP contribution in [0.1, 0.15) is 34.8 Å². The van der Waals surface area contributed by atoms with Crippen molar-refractivity contribution in [3.63, 3.8) is 0 Å². The van der Waals surface area contributed by atoms with Crippen molar-refractivity contribution in [3.8, 4) is 0 Å². The zero-order chi connectivity index (χ0) is 19.8. The van der Waals surface area contributed by atoms with Gasteiger partial charge in [0.05, 0.1) is 29.1 Å². The normalized spacial score (nSPS) is 20.6. The molecule has 2 aromatic heterocycles. The summed E-state index contributed by atoms with van der Waals surface area (Å²) in [5, 5.41) is 4.31. The number of hydrogen-bond donors (Lipinski definition) is 1. The number of carbonyl (C=O) groups is 1. The van der Waals surface area contributed by atoms with Crippen LogP contribution in [0.3, 0.4) is 0 Å². The van der Waals surface area contributed by atoms with E-state index in [0.717, 1.165) is 24.9 Å². The molecule has 0 bridgehead atoms. The summed E-state index contributed by atoms with van der Waals surface area (Å²) in [7, 11) is 5.76. The fourth-order valence-corrected chi connectivity index (χ4v) is 4.33. The number of amides is 1. The predicted molar refractivity (Wildman–Crippen MR) is 104 cm³/mol.